The minimum atomic E-state index is -3.18. The molecule has 4 nitrogen and oxygen atoms in total. The zero-order chi connectivity index (χ0) is 11.6. The highest BCUT2D eigenvalue weighted by atomic mass is 32.2. The lowest BCUT2D eigenvalue weighted by molar-refractivity contribution is 0.602. The minimum Gasteiger partial charge on any atom is -0.312 e. The fraction of sp³-hybridized carbons (Fsp3) is 0.455. The normalized spacial score (nSPS) is 15.6. The van der Waals surface area contributed by atoms with Crippen molar-refractivity contribution in [1.82, 2.24) is 5.32 Å². The van der Waals surface area contributed by atoms with Crippen LogP contribution in [-0.4, -0.2) is 20.7 Å². The first-order valence-corrected chi connectivity index (χ1v) is 7.09. The van der Waals surface area contributed by atoms with Crippen molar-refractivity contribution >= 4 is 15.7 Å². The molecule has 1 aliphatic rings. The van der Waals surface area contributed by atoms with Gasteiger partial charge in [0.05, 0.1) is 11.4 Å². The van der Waals surface area contributed by atoms with Gasteiger partial charge in [0.15, 0.2) is 0 Å². The summed E-state index contributed by atoms with van der Waals surface area (Å²) < 4.78 is 25.7. The highest BCUT2D eigenvalue weighted by Crippen LogP contribution is 2.23. The van der Waals surface area contributed by atoms with Crippen LogP contribution in [0.4, 0.5) is 5.69 Å². The standard InChI is InChI=1S/C11H16N2O2S/c1-2-16(14,15)13-11-5-3-4-9-6-7-12-8-10(9)11/h3-5,12-13H,2,6-8H2,1H3. The average Bonchev–Trinajstić information content (AvgIpc) is 2.29. The molecule has 2 N–H and O–H groups in total. The number of nitrogens with one attached hydrogen (secondary N) is 2. The van der Waals surface area contributed by atoms with Gasteiger partial charge >= 0.3 is 0 Å². The van der Waals surface area contributed by atoms with Gasteiger partial charge in [0.25, 0.3) is 0 Å². The molecule has 88 valence electrons. The molecule has 0 fully saturated rings. The average molecular weight is 240 g/mol. The third kappa shape index (κ3) is 2.36. The highest BCUT2D eigenvalue weighted by Gasteiger charge is 2.15. The Hall–Kier alpha value is -1.07. The number of sulfonamides is 1. The molecule has 0 atom stereocenters. The second-order valence-corrected chi connectivity index (χ2v) is 5.89. The Balaban J connectivity index is 2.35. The molecule has 0 unspecified atom stereocenters. The predicted molar refractivity (Wildman–Crippen MR) is 64.9 cm³/mol. The Morgan fingerprint density at radius 1 is 1.44 bits per heavy atom. The summed E-state index contributed by atoms with van der Waals surface area (Å²) >= 11 is 0. The van der Waals surface area contributed by atoms with Crippen LogP contribution in [0, 0.1) is 0 Å². The molecule has 0 spiro atoms. The van der Waals surface area contributed by atoms with E-state index in [1.807, 2.05) is 12.1 Å². The van der Waals surface area contributed by atoms with Crippen molar-refractivity contribution in [2.75, 3.05) is 17.0 Å². The van der Waals surface area contributed by atoms with E-state index >= 15 is 0 Å². The smallest absolute Gasteiger partial charge is 0.232 e. The number of hydrogen-bond donors (Lipinski definition) is 2. The molecule has 1 aliphatic heterocycles. The lowest BCUT2D eigenvalue weighted by Gasteiger charge is -2.20. The first-order valence-electron chi connectivity index (χ1n) is 5.44. The largest absolute Gasteiger partial charge is 0.312 e. The van der Waals surface area contributed by atoms with Gasteiger partial charge in [-0.3, -0.25) is 4.72 Å². The molecule has 1 heterocycles. The summed E-state index contributed by atoms with van der Waals surface area (Å²) in [4.78, 5) is 0. The van der Waals surface area contributed by atoms with Crippen LogP contribution in [0.5, 0.6) is 0 Å². The molecule has 1 aromatic carbocycles. The third-order valence-corrected chi connectivity index (χ3v) is 4.08. The summed E-state index contributed by atoms with van der Waals surface area (Å²) in [6.07, 6.45) is 0.955. The van der Waals surface area contributed by atoms with Crippen molar-refractivity contribution in [3.05, 3.63) is 29.3 Å². The van der Waals surface area contributed by atoms with E-state index < -0.39 is 10.0 Å². The van der Waals surface area contributed by atoms with E-state index in [0.29, 0.717) is 5.69 Å². The van der Waals surface area contributed by atoms with Crippen molar-refractivity contribution in [1.29, 1.82) is 0 Å². The molecule has 0 saturated heterocycles. The number of benzene rings is 1. The number of anilines is 1. The molecule has 0 bridgehead atoms. The quantitative estimate of drug-likeness (QED) is 0.831. The van der Waals surface area contributed by atoms with Gasteiger partial charge in [0, 0.05) is 6.54 Å². The summed E-state index contributed by atoms with van der Waals surface area (Å²) in [5, 5.41) is 3.25. The third-order valence-electron chi connectivity index (χ3n) is 2.79. The Bertz CT molecular complexity index is 483. The lowest BCUT2D eigenvalue weighted by Crippen LogP contribution is -2.25. The van der Waals surface area contributed by atoms with Gasteiger partial charge in [0.1, 0.15) is 0 Å². The first kappa shape index (κ1) is 11.4. The second-order valence-electron chi connectivity index (χ2n) is 3.88. The fourth-order valence-corrected chi connectivity index (χ4v) is 2.52. The Labute approximate surface area is 96.1 Å². The second kappa shape index (κ2) is 4.43. The molecule has 16 heavy (non-hydrogen) atoms. The van der Waals surface area contributed by atoms with Gasteiger partial charge in [0.2, 0.25) is 10.0 Å². The van der Waals surface area contributed by atoms with Crippen molar-refractivity contribution in [3.8, 4) is 0 Å². The van der Waals surface area contributed by atoms with Crippen LogP contribution in [0.1, 0.15) is 18.1 Å². The summed E-state index contributed by atoms with van der Waals surface area (Å²) in [6.45, 7) is 3.32. The van der Waals surface area contributed by atoms with E-state index in [2.05, 4.69) is 16.1 Å². The molecule has 0 radical (unpaired) electrons. The topological polar surface area (TPSA) is 58.2 Å². The van der Waals surface area contributed by atoms with Gasteiger partial charge in [-0.2, -0.15) is 0 Å². The van der Waals surface area contributed by atoms with Crippen LogP contribution >= 0.6 is 0 Å². The number of rotatable bonds is 3. The van der Waals surface area contributed by atoms with E-state index in [-0.39, 0.29) is 5.75 Å². The molecule has 0 saturated carbocycles. The van der Waals surface area contributed by atoms with Crippen LogP contribution in [0.2, 0.25) is 0 Å². The SMILES string of the molecule is CCS(=O)(=O)Nc1cccc2c1CNCC2. The monoisotopic (exact) mass is 240 g/mol. The zero-order valence-corrected chi connectivity index (χ0v) is 10.1. The maximum Gasteiger partial charge on any atom is 0.232 e. The molecule has 1 aromatic rings. The van der Waals surface area contributed by atoms with Crippen LogP contribution in [0.15, 0.2) is 18.2 Å². The van der Waals surface area contributed by atoms with E-state index in [1.165, 1.54) is 5.56 Å². The molecule has 2 rings (SSSR count). The Morgan fingerprint density at radius 3 is 3.00 bits per heavy atom. The van der Waals surface area contributed by atoms with E-state index in [4.69, 9.17) is 0 Å². The van der Waals surface area contributed by atoms with Crippen molar-refractivity contribution in [2.24, 2.45) is 0 Å². The molecule has 5 heteroatoms. The number of fused-ring (bicyclic) bond motifs is 1. The lowest BCUT2D eigenvalue weighted by atomic mass is 10.00. The van der Waals surface area contributed by atoms with Gasteiger partial charge in [-0.25, -0.2) is 8.42 Å². The first-order chi connectivity index (χ1) is 7.62. The molecule has 0 aliphatic carbocycles. The summed E-state index contributed by atoms with van der Waals surface area (Å²) in [5.74, 6) is 0.101. The van der Waals surface area contributed by atoms with E-state index in [9.17, 15) is 8.42 Å². The minimum absolute atomic E-state index is 0.101. The van der Waals surface area contributed by atoms with Crippen molar-refractivity contribution in [2.45, 2.75) is 19.9 Å². The zero-order valence-electron chi connectivity index (χ0n) is 9.29. The van der Waals surface area contributed by atoms with E-state index in [0.717, 1.165) is 25.1 Å². The van der Waals surface area contributed by atoms with Gasteiger partial charge in [-0.05, 0) is 37.1 Å². The molecular weight excluding hydrogens is 224 g/mol. The Kier molecular flexibility index (Phi) is 3.16. The maximum absolute atomic E-state index is 11.5. The fourth-order valence-electron chi connectivity index (χ4n) is 1.85. The Morgan fingerprint density at radius 2 is 2.25 bits per heavy atom. The van der Waals surface area contributed by atoms with Gasteiger partial charge in [-0.15, -0.1) is 0 Å². The van der Waals surface area contributed by atoms with Crippen molar-refractivity contribution in [3.63, 3.8) is 0 Å². The predicted octanol–water partition coefficient (Wildman–Crippen LogP) is 1.09. The van der Waals surface area contributed by atoms with Crippen molar-refractivity contribution < 1.29 is 8.42 Å². The maximum atomic E-state index is 11.5. The summed E-state index contributed by atoms with van der Waals surface area (Å²) in [7, 11) is -3.18. The van der Waals surface area contributed by atoms with Crippen LogP contribution < -0.4 is 10.0 Å². The van der Waals surface area contributed by atoms with Crippen LogP contribution in [0.3, 0.4) is 0 Å². The highest BCUT2D eigenvalue weighted by molar-refractivity contribution is 7.92. The van der Waals surface area contributed by atoms with Crippen LogP contribution in [0.25, 0.3) is 0 Å². The van der Waals surface area contributed by atoms with Gasteiger partial charge < -0.3 is 5.32 Å². The van der Waals surface area contributed by atoms with Crippen LogP contribution in [-0.2, 0) is 23.0 Å². The molecule has 0 aromatic heterocycles. The number of hydrogen-bond acceptors (Lipinski definition) is 3. The molecule has 0 amide bonds. The summed E-state index contributed by atoms with van der Waals surface area (Å²) in [5.41, 5.74) is 3.02. The molecular formula is C11H16N2O2S. The van der Waals surface area contributed by atoms with E-state index in [1.54, 1.807) is 6.92 Å². The van der Waals surface area contributed by atoms with Gasteiger partial charge in [-0.1, -0.05) is 12.1 Å². The summed E-state index contributed by atoms with van der Waals surface area (Å²) in [6, 6.07) is 5.77.